The molecule has 2 N–H and O–H groups in total. The Balaban J connectivity index is 1.74. The SMILES string of the molecule is CC1(C)CCCC1NCc1c[nH]c2ccccc12. The third kappa shape index (κ3) is 2.05. The van der Waals surface area contributed by atoms with E-state index in [0.29, 0.717) is 11.5 Å². The maximum atomic E-state index is 3.75. The number of aromatic amines is 1. The van der Waals surface area contributed by atoms with E-state index in [4.69, 9.17) is 0 Å². The second kappa shape index (κ2) is 4.43. The van der Waals surface area contributed by atoms with Crippen molar-refractivity contribution in [2.24, 2.45) is 5.41 Å². The Hall–Kier alpha value is -1.28. The minimum atomic E-state index is 0.451. The van der Waals surface area contributed by atoms with Crippen LogP contribution in [0.15, 0.2) is 30.5 Å². The van der Waals surface area contributed by atoms with Crippen molar-refractivity contribution in [3.8, 4) is 0 Å². The molecule has 1 atom stereocenters. The van der Waals surface area contributed by atoms with E-state index in [2.05, 4.69) is 54.6 Å². The summed E-state index contributed by atoms with van der Waals surface area (Å²) in [5.74, 6) is 0. The first-order valence-corrected chi connectivity index (χ1v) is 6.95. The molecule has 1 unspecified atom stereocenters. The lowest BCUT2D eigenvalue weighted by Crippen LogP contribution is -2.37. The standard InChI is InChI=1S/C16H22N2/c1-16(2)9-5-8-15(16)18-11-12-10-17-14-7-4-3-6-13(12)14/h3-4,6-7,10,15,17-18H,5,8-9,11H2,1-2H3. The average molecular weight is 242 g/mol. The van der Waals surface area contributed by atoms with E-state index in [1.54, 1.807) is 0 Å². The van der Waals surface area contributed by atoms with E-state index in [1.807, 2.05) is 0 Å². The van der Waals surface area contributed by atoms with E-state index >= 15 is 0 Å². The maximum Gasteiger partial charge on any atom is 0.0457 e. The monoisotopic (exact) mass is 242 g/mol. The fourth-order valence-electron chi connectivity index (χ4n) is 3.22. The molecule has 18 heavy (non-hydrogen) atoms. The molecule has 0 saturated heterocycles. The van der Waals surface area contributed by atoms with Crippen LogP contribution in [0.1, 0.15) is 38.7 Å². The Morgan fingerprint density at radius 3 is 2.94 bits per heavy atom. The van der Waals surface area contributed by atoms with Crippen LogP contribution in [-0.4, -0.2) is 11.0 Å². The number of hydrogen-bond donors (Lipinski definition) is 2. The molecule has 2 nitrogen and oxygen atoms in total. The number of hydrogen-bond acceptors (Lipinski definition) is 1. The van der Waals surface area contributed by atoms with Crippen LogP contribution in [0.4, 0.5) is 0 Å². The van der Waals surface area contributed by atoms with Gasteiger partial charge in [-0.15, -0.1) is 0 Å². The second-order valence-corrected chi connectivity index (χ2v) is 6.17. The fraction of sp³-hybridized carbons (Fsp3) is 0.500. The van der Waals surface area contributed by atoms with Gasteiger partial charge in [0, 0.05) is 29.7 Å². The van der Waals surface area contributed by atoms with Gasteiger partial charge in [-0.3, -0.25) is 0 Å². The Morgan fingerprint density at radius 2 is 2.17 bits per heavy atom. The summed E-state index contributed by atoms with van der Waals surface area (Å²) >= 11 is 0. The van der Waals surface area contributed by atoms with Crippen LogP contribution in [0.2, 0.25) is 0 Å². The molecule has 2 heteroatoms. The Bertz CT molecular complexity index is 539. The summed E-state index contributed by atoms with van der Waals surface area (Å²) in [6, 6.07) is 9.18. The third-order valence-corrected chi connectivity index (χ3v) is 4.47. The number of nitrogens with one attached hydrogen (secondary N) is 2. The molecule has 0 radical (unpaired) electrons. The number of benzene rings is 1. The highest BCUT2D eigenvalue weighted by Crippen LogP contribution is 2.37. The zero-order chi connectivity index (χ0) is 12.6. The number of fused-ring (bicyclic) bond motifs is 1. The molecule has 0 spiro atoms. The smallest absolute Gasteiger partial charge is 0.0457 e. The topological polar surface area (TPSA) is 27.8 Å². The molecule has 1 fully saturated rings. The predicted octanol–water partition coefficient (Wildman–Crippen LogP) is 3.84. The van der Waals surface area contributed by atoms with Gasteiger partial charge in [0.05, 0.1) is 0 Å². The van der Waals surface area contributed by atoms with Gasteiger partial charge in [-0.2, -0.15) is 0 Å². The average Bonchev–Trinajstić information content (AvgIpc) is 2.90. The van der Waals surface area contributed by atoms with Gasteiger partial charge in [0.1, 0.15) is 0 Å². The summed E-state index contributed by atoms with van der Waals surface area (Å²) in [5.41, 5.74) is 3.07. The van der Waals surface area contributed by atoms with E-state index in [-0.39, 0.29) is 0 Å². The van der Waals surface area contributed by atoms with Crippen LogP contribution < -0.4 is 5.32 Å². The number of rotatable bonds is 3. The van der Waals surface area contributed by atoms with Crippen LogP contribution in [0.3, 0.4) is 0 Å². The molecule has 0 amide bonds. The van der Waals surface area contributed by atoms with Gasteiger partial charge >= 0.3 is 0 Å². The molecule has 1 aliphatic rings. The van der Waals surface area contributed by atoms with Gasteiger partial charge < -0.3 is 10.3 Å². The van der Waals surface area contributed by atoms with Crippen molar-refractivity contribution >= 4 is 10.9 Å². The van der Waals surface area contributed by atoms with Crippen molar-refractivity contribution in [2.75, 3.05) is 0 Å². The molecule has 0 aliphatic heterocycles. The molecule has 2 aromatic rings. The number of aromatic nitrogens is 1. The first-order chi connectivity index (χ1) is 8.67. The van der Waals surface area contributed by atoms with Crippen molar-refractivity contribution in [2.45, 2.75) is 45.7 Å². The lowest BCUT2D eigenvalue weighted by atomic mass is 9.87. The zero-order valence-electron chi connectivity index (χ0n) is 11.3. The molecule has 1 aliphatic carbocycles. The third-order valence-electron chi connectivity index (χ3n) is 4.47. The highest BCUT2D eigenvalue weighted by atomic mass is 14.9. The van der Waals surface area contributed by atoms with Crippen LogP contribution in [-0.2, 0) is 6.54 Å². The second-order valence-electron chi connectivity index (χ2n) is 6.17. The summed E-state index contributed by atoms with van der Waals surface area (Å²) in [4.78, 5) is 3.34. The van der Waals surface area contributed by atoms with Gasteiger partial charge in [0.15, 0.2) is 0 Å². The van der Waals surface area contributed by atoms with Gasteiger partial charge in [0.2, 0.25) is 0 Å². The lowest BCUT2D eigenvalue weighted by molar-refractivity contribution is 0.283. The van der Waals surface area contributed by atoms with E-state index in [1.165, 1.54) is 35.7 Å². The molecule has 1 aromatic carbocycles. The molecule has 0 bridgehead atoms. The van der Waals surface area contributed by atoms with E-state index < -0.39 is 0 Å². The summed E-state index contributed by atoms with van der Waals surface area (Å²) in [7, 11) is 0. The normalized spacial score (nSPS) is 22.7. The highest BCUT2D eigenvalue weighted by molar-refractivity contribution is 5.82. The minimum absolute atomic E-state index is 0.451. The van der Waals surface area contributed by atoms with Crippen LogP contribution in [0, 0.1) is 5.41 Å². The van der Waals surface area contributed by atoms with Crippen molar-refractivity contribution in [1.29, 1.82) is 0 Å². The minimum Gasteiger partial charge on any atom is -0.361 e. The first-order valence-electron chi connectivity index (χ1n) is 6.95. The van der Waals surface area contributed by atoms with Crippen molar-refractivity contribution < 1.29 is 0 Å². The molecule has 1 aromatic heterocycles. The van der Waals surface area contributed by atoms with Crippen LogP contribution in [0.25, 0.3) is 10.9 Å². The molecular formula is C16H22N2. The molecule has 1 heterocycles. The van der Waals surface area contributed by atoms with Crippen molar-refractivity contribution in [1.82, 2.24) is 10.3 Å². The quantitative estimate of drug-likeness (QED) is 0.841. The Morgan fingerprint density at radius 1 is 1.33 bits per heavy atom. The highest BCUT2D eigenvalue weighted by Gasteiger charge is 2.33. The lowest BCUT2D eigenvalue weighted by Gasteiger charge is -2.27. The number of para-hydroxylation sites is 1. The van der Waals surface area contributed by atoms with Crippen molar-refractivity contribution in [3.63, 3.8) is 0 Å². The van der Waals surface area contributed by atoms with Gasteiger partial charge in [0.25, 0.3) is 0 Å². The maximum absolute atomic E-state index is 3.75. The van der Waals surface area contributed by atoms with Gasteiger partial charge in [-0.25, -0.2) is 0 Å². The van der Waals surface area contributed by atoms with Crippen molar-refractivity contribution in [3.05, 3.63) is 36.0 Å². The first kappa shape index (κ1) is 11.8. The summed E-state index contributed by atoms with van der Waals surface area (Å²) < 4.78 is 0. The van der Waals surface area contributed by atoms with Gasteiger partial charge in [-0.05, 0) is 29.9 Å². The largest absolute Gasteiger partial charge is 0.361 e. The van der Waals surface area contributed by atoms with Crippen LogP contribution in [0.5, 0.6) is 0 Å². The number of H-pyrrole nitrogens is 1. The summed E-state index contributed by atoms with van der Waals surface area (Å²) in [5, 5.41) is 5.09. The van der Waals surface area contributed by atoms with E-state index in [0.717, 1.165) is 6.54 Å². The Labute approximate surface area is 109 Å². The zero-order valence-corrected chi connectivity index (χ0v) is 11.3. The fourth-order valence-corrected chi connectivity index (χ4v) is 3.22. The molecular weight excluding hydrogens is 220 g/mol. The van der Waals surface area contributed by atoms with Gasteiger partial charge in [-0.1, -0.05) is 38.5 Å². The summed E-state index contributed by atoms with van der Waals surface area (Å²) in [6.07, 6.45) is 6.16. The predicted molar refractivity (Wildman–Crippen MR) is 76.6 cm³/mol. The molecule has 1 saturated carbocycles. The van der Waals surface area contributed by atoms with E-state index in [9.17, 15) is 0 Å². The summed E-state index contributed by atoms with van der Waals surface area (Å²) in [6.45, 7) is 5.73. The Kier molecular flexibility index (Phi) is 2.90. The molecule has 3 rings (SSSR count). The molecule has 96 valence electrons. The van der Waals surface area contributed by atoms with Crippen LogP contribution >= 0.6 is 0 Å².